The van der Waals surface area contributed by atoms with Crippen molar-refractivity contribution >= 4 is 5.78 Å². The number of carbonyl (C=O) groups is 1. The fourth-order valence-corrected chi connectivity index (χ4v) is 2.91. The van der Waals surface area contributed by atoms with Crippen LogP contribution in [0.15, 0.2) is 43.0 Å². The van der Waals surface area contributed by atoms with E-state index in [1.165, 1.54) is 0 Å². The molecule has 0 amide bonds. The minimum absolute atomic E-state index is 0.0276. The summed E-state index contributed by atoms with van der Waals surface area (Å²) in [6.07, 6.45) is 4.60. The fourth-order valence-electron chi connectivity index (χ4n) is 2.91. The highest BCUT2D eigenvalue weighted by molar-refractivity contribution is 5.95. The number of allylic oxidation sites excluding steroid dienone is 1. The number of Topliss-reactive ketones (excluding diaryl/α,β-unsaturated/α-hetero) is 1. The van der Waals surface area contributed by atoms with Crippen LogP contribution in [-0.4, -0.2) is 30.1 Å². The zero-order chi connectivity index (χ0) is 15.1. The number of halogens is 1. The summed E-state index contributed by atoms with van der Waals surface area (Å²) in [5.74, 6) is 0.677. The van der Waals surface area contributed by atoms with Crippen molar-refractivity contribution < 1.29 is 9.18 Å². The van der Waals surface area contributed by atoms with E-state index in [-0.39, 0.29) is 12.2 Å². The van der Waals surface area contributed by atoms with E-state index < -0.39 is 6.30 Å². The predicted molar refractivity (Wildman–Crippen MR) is 84.0 cm³/mol. The lowest BCUT2D eigenvalue weighted by Crippen LogP contribution is -2.39. The van der Waals surface area contributed by atoms with Gasteiger partial charge in [-0.2, -0.15) is 0 Å². The second kappa shape index (κ2) is 8.08. The third kappa shape index (κ3) is 4.78. The number of hydrogen-bond donors (Lipinski definition) is 0. The van der Waals surface area contributed by atoms with E-state index in [1.54, 1.807) is 12.1 Å². The van der Waals surface area contributed by atoms with Gasteiger partial charge in [0.05, 0.1) is 0 Å². The molecule has 1 fully saturated rings. The first-order chi connectivity index (χ1) is 10.2. The fraction of sp³-hybridized carbons (Fsp3) is 0.500. The van der Waals surface area contributed by atoms with Gasteiger partial charge in [0, 0.05) is 25.1 Å². The molecule has 3 heteroatoms. The number of rotatable bonds is 7. The number of ketones is 1. The molecule has 1 aromatic rings. The lowest BCUT2D eigenvalue weighted by atomic mass is 9.93. The van der Waals surface area contributed by atoms with Crippen molar-refractivity contribution in [3.8, 4) is 0 Å². The number of hydrogen-bond acceptors (Lipinski definition) is 2. The van der Waals surface area contributed by atoms with Crippen LogP contribution in [0.5, 0.6) is 0 Å². The monoisotopic (exact) mass is 289 g/mol. The first-order valence-electron chi connectivity index (χ1n) is 7.78. The lowest BCUT2D eigenvalue weighted by molar-refractivity contribution is 0.0408. The summed E-state index contributed by atoms with van der Waals surface area (Å²) >= 11 is 0. The third-order valence-electron chi connectivity index (χ3n) is 4.25. The minimum Gasteiger partial charge on any atom is -0.294 e. The molecule has 0 aromatic heterocycles. The van der Waals surface area contributed by atoms with Crippen molar-refractivity contribution in [2.24, 2.45) is 5.92 Å². The normalized spacial score (nSPS) is 18.3. The van der Waals surface area contributed by atoms with Crippen molar-refractivity contribution in [1.29, 1.82) is 0 Å². The van der Waals surface area contributed by atoms with Crippen LogP contribution >= 0.6 is 0 Å². The molecule has 1 atom stereocenters. The van der Waals surface area contributed by atoms with Crippen molar-refractivity contribution in [1.82, 2.24) is 4.90 Å². The number of likely N-dealkylation sites (tertiary alicyclic amines) is 1. The molecule has 1 aliphatic heterocycles. The molecular formula is C18H24FNO. The smallest absolute Gasteiger partial charge is 0.163 e. The van der Waals surface area contributed by atoms with Crippen LogP contribution in [0.25, 0.3) is 0 Å². The average molecular weight is 289 g/mol. The maximum atomic E-state index is 14.2. The number of alkyl halides is 1. The van der Waals surface area contributed by atoms with E-state index in [2.05, 4.69) is 6.58 Å². The molecule has 0 N–H and O–H groups in total. The largest absolute Gasteiger partial charge is 0.294 e. The highest BCUT2D eigenvalue weighted by Gasteiger charge is 2.24. The van der Waals surface area contributed by atoms with Gasteiger partial charge in [-0.05, 0) is 31.6 Å². The summed E-state index contributed by atoms with van der Waals surface area (Å²) < 4.78 is 14.2. The molecule has 1 unspecified atom stereocenters. The minimum atomic E-state index is -0.998. The Kier molecular flexibility index (Phi) is 6.12. The summed E-state index contributed by atoms with van der Waals surface area (Å²) in [4.78, 5) is 13.8. The Morgan fingerprint density at radius 3 is 2.62 bits per heavy atom. The maximum absolute atomic E-state index is 14.2. The van der Waals surface area contributed by atoms with Gasteiger partial charge in [-0.3, -0.25) is 9.69 Å². The van der Waals surface area contributed by atoms with Gasteiger partial charge in [-0.1, -0.05) is 36.4 Å². The van der Waals surface area contributed by atoms with Gasteiger partial charge in [-0.25, -0.2) is 4.39 Å². The van der Waals surface area contributed by atoms with Crippen molar-refractivity contribution in [2.75, 3.05) is 13.1 Å². The van der Waals surface area contributed by atoms with Crippen LogP contribution in [0.2, 0.25) is 0 Å². The van der Waals surface area contributed by atoms with E-state index >= 15 is 0 Å². The van der Waals surface area contributed by atoms with E-state index in [9.17, 15) is 9.18 Å². The van der Waals surface area contributed by atoms with Crippen LogP contribution < -0.4 is 0 Å². The van der Waals surface area contributed by atoms with Crippen LogP contribution in [-0.2, 0) is 0 Å². The van der Waals surface area contributed by atoms with Gasteiger partial charge < -0.3 is 0 Å². The molecule has 2 rings (SSSR count). The topological polar surface area (TPSA) is 20.3 Å². The highest BCUT2D eigenvalue weighted by Crippen LogP contribution is 2.24. The number of benzene rings is 1. The van der Waals surface area contributed by atoms with Gasteiger partial charge in [-0.15, -0.1) is 6.58 Å². The highest BCUT2D eigenvalue weighted by atomic mass is 19.1. The lowest BCUT2D eigenvalue weighted by Gasteiger charge is -2.33. The molecule has 0 saturated carbocycles. The van der Waals surface area contributed by atoms with Crippen LogP contribution in [0.4, 0.5) is 4.39 Å². The van der Waals surface area contributed by atoms with E-state index in [4.69, 9.17) is 0 Å². The van der Waals surface area contributed by atoms with Crippen LogP contribution in [0.3, 0.4) is 0 Å². The summed E-state index contributed by atoms with van der Waals surface area (Å²) in [5, 5.41) is 0. The van der Waals surface area contributed by atoms with Crippen LogP contribution in [0, 0.1) is 5.92 Å². The first kappa shape index (κ1) is 15.9. The Morgan fingerprint density at radius 1 is 1.33 bits per heavy atom. The third-order valence-corrected chi connectivity index (χ3v) is 4.25. The summed E-state index contributed by atoms with van der Waals surface area (Å²) in [7, 11) is 0. The molecule has 1 aromatic carbocycles. The van der Waals surface area contributed by atoms with Crippen molar-refractivity contribution in [2.45, 2.75) is 38.4 Å². The average Bonchev–Trinajstić information content (AvgIpc) is 2.54. The second-order valence-corrected chi connectivity index (χ2v) is 5.77. The SMILES string of the molecule is C=CCC1CCN(C(F)CCC(=O)c2ccccc2)CC1. The molecule has 2 nitrogen and oxygen atoms in total. The zero-order valence-corrected chi connectivity index (χ0v) is 12.5. The molecule has 114 valence electrons. The molecule has 0 radical (unpaired) electrons. The maximum Gasteiger partial charge on any atom is 0.163 e. The van der Waals surface area contributed by atoms with Crippen molar-refractivity contribution in [3.63, 3.8) is 0 Å². The number of piperidine rings is 1. The Hall–Kier alpha value is -1.48. The summed E-state index contributed by atoms with van der Waals surface area (Å²) in [6.45, 7) is 5.34. The molecule has 1 saturated heterocycles. The van der Waals surface area contributed by atoms with Crippen molar-refractivity contribution in [3.05, 3.63) is 48.6 Å². The Labute approximate surface area is 126 Å². The quantitative estimate of drug-likeness (QED) is 0.425. The molecule has 0 spiro atoms. The van der Waals surface area contributed by atoms with E-state index in [0.717, 1.165) is 32.4 Å². The molecule has 21 heavy (non-hydrogen) atoms. The Balaban J connectivity index is 1.74. The van der Waals surface area contributed by atoms with Crippen LogP contribution in [0.1, 0.15) is 42.5 Å². The summed E-state index contributed by atoms with van der Waals surface area (Å²) in [6, 6.07) is 9.13. The molecule has 0 bridgehead atoms. The van der Waals surface area contributed by atoms with Gasteiger partial charge in [0.1, 0.15) is 0 Å². The summed E-state index contributed by atoms with van der Waals surface area (Å²) in [5.41, 5.74) is 0.675. The molecule has 1 aliphatic rings. The number of carbonyl (C=O) groups excluding carboxylic acids is 1. The zero-order valence-electron chi connectivity index (χ0n) is 12.5. The molecular weight excluding hydrogens is 265 g/mol. The molecule has 0 aliphatic carbocycles. The first-order valence-corrected chi connectivity index (χ1v) is 7.78. The second-order valence-electron chi connectivity index (χ2n) is 5.77. The standard InChI is InChI=1S/C18H24FNO/c1-2-6-15-11-13-20(14-12-15)18(19)10-9-17(21)16-7-4-3-5-8-16/h2-5,7-8,15,18H,1,6,9-14H2. The Bertz CT molecular complexity index is 452. The van der Waals surface area contributed by atoms with E-state index in [1.807, 2.05) is 29.2 Å². The molecule has 1 heterocycles. The van der Waals surface area contributed by atoms with Gasteiger partial charge >= 0.3 is 0 Å². The van der Waals surface area contributed by atoms with Gasteiger partial charge in [0.2, 0.25) is 0 Å². The van der Waals surface area contributed by atoms with Gasteiger partial charge in [0.15, 0.2) is 12.1 Å². The Morgan fingerprint density at radius 2 is 2.00 bits per heavy atom. The van der Waals surface area contributed by atoms with E-state index in [0.29, 0.717) is 17.9 Å². The predicted octanol–water partition coefficient (Wildman–Crippen LogP) is 4.23. The number of nitrogens with zero attached hydrogens (tertiary/aromatic N) is 1. The van der Waals surface area contributed by atoms with Gasteiger partial charge in [0.25, 0.3) is 0 Å².